The van der Waals surface area contributed by atoms with Gasteiger partial charge in [0.15, 0.2) is 0 Å². The van der Waals surface area contributed by atoms with Gasteiger partial charge in [-0.25, -0.2) is 0 Å². The Morgan fingerprint density at radius 2 is 2.05 bits per heavy atom. The molecule has 0 unspecified atom stereocenters. The fraction of sp³-hybridized carbons (Fsp3) is 0.533. The van der Waals surface area contributed by atoms with Crippen molar-refractivity contribution in [1.82, 2.24) is 4.90 Å². The van der Waals surface area contributed by atoms with Crippen molar-refractivity contribution in [3.63, 3.8) is 0 Å². The molecule has 0 heterocycles. The molecule has 0 N–H and O–H groups in total. The molecule has 0 aliphatic heterocycles. The molecular formula is C15H22BrNO2. The van der Waals surface area contributed by atoms with E-state index < -0.39 is 0 Å². The zero-order chi connectivity index (χ0) is 14.3. The maximum Gasteiger partial charge on any atom is 0.227 e. The summed E-state index contributed by atoms with van der Waals surface area (Å²) in [5, 5.41) is 0.787. The van der Waals surface area contributed by atoms with Gasteiger partial charge < -0.3 is 9.64 Å². The molecule has 0 saturated heterocycles. The van der Waals surface area contributed by atoms with Crippen molar-refractivity contribution >= 4 is 21.8 Å². The molecule has 0 spiro atoms. The molecule has 106 valence electrons. The van der Waals surface area contributed by atoms with E-state index in [1.165, 1.54) is 11.1 Å². The summed E-state index contributed by atoms with van der Waals surface area (Å²) in [5.74, 6) is 0.158. The van der Waals surface area contributed by atoms with Crippen molar-refractivity contribution in [2.45, 2.75) is 20.3 Å². The van der Waals surface area contributed by atoms with Crippen molar-refractivity contribution in [2.24, 2.45) is 0 Å². The van der Waals surface area contributed by atoms with E-state index in [9.17, 15) is 4.79 Å². The average molecular weight is 328 g/mol. The molecule has 1 amide bonds. The van der Waals surface area contributed by atoms with Crippen molar-refractivity contribution in [2.75, 3.05) is 32.1 Å². The second-order valence-electron chi connectivity index (χ2n) is 4.67. The summed E-state index contributed by atoms with van der Waals surface area (Å²) < 4.78 is 5.05. The summed E-state index contributed by atoms with van der Waals surface area (Å²) in [6, 6.07) is 6.24. The van der Waals surface area contributed by atoms with E-state index in [0.29, 0.717) is 26.1 Å². The van der Waals surface area contributed by atoms with Crippen LogP contribution in [0.4, 0.5) is 0 Å². The third-order valence-electron chi connectivity index (χ3n) is 3.12. The molecule has 0 fully saturated rings. The molecular weight excluding hydrogens is 306 g/mol. The lowest BCUT2D eigenvalue weighted by molar-refractivity contribution is -0.130. The Hall–Kier alpha value is -0.870. The number of ether oxygens (including phenoxy) is 1. The number of halogens is 1. The second kappa shape index (κ2) is 8.33. The van der Waals surface area contributed by atoms with Crippen LogP contribution < -0.4 is 0 Å². The Balaban J connectivity index is 2.71. The highest BCUT2D eigenvalue weighted by molar-refractivity contribution is 9.09. The van der Waals surface area contributed by atoms with Gasteiger partial charge in [-0.05, 0) is 25.0 Å². The first-order valence-corrected chi connectivity index (χ1v) is 7.59. The number of benzene rings is 1. The first-order valence-electron chi connectivity index (χ1n) is 6.47. The minimum atomic E-state index is 0.158. The minimum absolute atomic E-state index is 0.158. The van der Waals surface area contributed by atoms with Gasteiger partial charge >= 0.3 is 0 Å². The third-order valence-corrected chi connectivity index (χ3v) is 3.47. The van der Waals surface area contributed by atoms with E-state index in [1.807, 2.05) is 11.8 Å². The van der Waals surface area contributed by atoms with Crippen molar-refractivity contribution in [3.05, 3.63) is 34.9 Å². The summed E-state index contributed by atoms with van der Waals surface area (Å²) in [6.45, 7) is 6.03. The average Bonchev–Trinajstić information content (AvgIpc) is 2.38. The van der Waals surface area contributed by atoms with Gasteiger partial charge in [-0.15, -0.1) is 0 Å². The lowest BCUT2D eigenvalue weighted by atomic mass is 10.0. The largest absolute Gasteiger partial charge is 0.383 e. The van der Waals surface area contributed by atoms with E-state index in [-0.39, 0.29) is 5.91 Å². The van der Waals surface area contributed by atoms with Gasteiger partial charge in [0.1, 0.15) is 0 Å². The molecule has 0 aliphatic carbocycles. The SMILES string of the molecule is COCCN(CCBr)C(=O)Cc1cc(C)ccc1C. The highest BCUT2D eigenvalue weighted by Crippen LogP contribution is 2.12. The number of methoxy groups -OCH3 is 1. The number of rotatable bonds is 7. The fourth-order valence-electron chi connectivity index (χ4n) is 1.93. The van der Waals surface area contributed by atoms with Crippen molar-refractivity contribution in [1.29, 1.82) is 0 Å². The van der Waals surface area contributed by atoms with E-state index in [0.717, 1.165) is 10.9 Å². The van der Waals surface area contributed by atoms with Gasteiger partial charge in [0.2, 0.25) is 5.91 Å². The smallest absolute Gasteiger partial charge is 0.227 e. The number of hydrogen-bond acceptors (Lipinski definition) is 2. The Bertz CT molecular complexity index is 421. The predicted octanol–water partition coefficient (Wildman–Crippen LogP) is 2.72. The Kier molecular flexibility index (Phi) is 7.10. The van der Waals surface area contributed by atoms with E-state index in [1.54, 1.807) is 7.11 Å². The zero-order valence-corrected chi connectivity index (χ0v) is 13.5. The number of nitrogens with zero attached hydrogens (tertiary/aromatic N) is 1. The summed E-state index contributed by atoms with van der Waals surface area (Å²) in [6.07, 6.45) is 0.463. The molecule has 0 radical (unpaired) electrons. The molecule has 0 aromatic heterocycles. The van der Waals surface area contributed by atoms with E-state index in [4.69, 9.17) is 4.74 Å². The quantitative estimate of drug-likeness (QED) is 0.721. The molecule has 0 saturated carbocycles. The van der Waals surface area contributed by atoms with Crippen LogP contribution in [0, 0.1) is 13.8 Å². The van der Waals surface area contributed by atoms with E-state index >= 15 is 0 Å². The highest BCUT2D eigenvalue weighted by atomic mass is 79.9. The maximum absolute atomic E-state index is 12.3. The second-order valence-corrected chi connectivity index (χ2v) is 5.46. The lowest BCUT2D eigenvalue weighted by Gasteiger charge is -2.22. The van der Waals surface area contributed by atoms with Crippen LogP contribution in [0.25, 0.3) is 0 Å². The van der Waals surface area contributed by atoms with Gasteiger partial charge in [0.25, 0.3) is 0 Å². The van der Waals surface area contributed by atoms with Crippen LogP contribution in [0.15, 0.2) is 18.2 Å². The summed E-state index contributed by atoms with van der Waals surface area (Å²) in [4.78, 5) is 14.2. The zero-order valence-electron chi connectivity index (χ0n) is 11.9. The molecule has 0 aliphatic rings. The number of carbonyl (C=O) groups is 1. The topological polar surface area (TPSA) is 29.5 Å². The van der Waals surface area contributed by atoms with Crippen LogP contribution in [0.5, 0.6) is 0 Å². The highest BCUT2D eigenvalue weighted by Gasteiger charge is 2.14. The Morgan fingerprint density at radius 3 is 2.68 bits per heavy atom. The van der Waals surface area contributed by atoms with Crippen LogP contribution in [0.2, 0.25) is 0 Å². The molecule has 1 aromatic carbocycles. The minimum Gasteiger partial charge on any atom is -0.383 e. The van der Waals surface area contributed by atoms with Gasteiger partial charge in [0, 0.05) is 25.5 Å². The molecule has 1 aromatic rings. The molecule has 0 bridgehead atoms. The predicted molar refractivity (Wildman–Crippen MR) is 81.9 cm³/mol. The number of hydrogen-bond donors (Lipinski definition) is 0. The van der Waals surface area contributed by atoms with Crippen molar-refractivity contribution < 1.29 is 9.53 Å². The van der Waals surface area contributed by atoms with Crippen LogP contribution in [0.3, 0.4) is 0 Å². The molecule has 1 rings (SSSR count). The number of alkyl halides is 1. The van der Waals surface area contributed by atoms with Crippen molar-refractivity contribution in [3.8, 4) is 0 Å². The standard InChI is InChI=1S/C15H22BrNO2/c1-12-4-5-13(2)14(10-12)11-15(18)17(7-6-16)8-9-19-3/h4-5,10H,6-9,11H2,1-3H3. The molecule has 19 heavy (non-hydrogen) atoms. The van der Waals surface area contributed by atoms with Crippen LogP contribution in [0.1, 0.15) is 16.7 Å². The molecule has 0 atom stereocenters. The van der Waals surface area contributed by atoms with Gasteiger partial charge in [-0.2, -0.15) is 0 Å². The molecule has 4 heteroatoms. The van der Waals surface area contributed by atoms with Crippen LogP contribution in [-0.4, -0.2) is 42.9 Å². The summed E-state index contributed by atoms with van der Waals surface area (Å²) >= 11 is 3.39. The van der Waals surface area contributed by atoms with Gasteiger partial charge in [-0.1, -0.05) is 39.7 Å². The first kappa shape index (κ1) is 16.2. The maximum atomic E-state index is 12.3. The Morgan fingerprint density at radius 1 is 1.32 bits per heavy atom. The van der Waals surface area contributed by atoms with Crippen LogP contribution >= 0.6 is 15.9 Å². The first-order chi connectivity index (χ1) is 9.08. The summed E-state index contributed by atoms with van der Waals surface area (Å²) in [5.41, 5.74) is 3.48. The number of aryl methyl sites for hydroxylation is 2. The van der Waals surface area contributed by atoms with E-state index in [2.05, 4.69) is 41.1 Å². The van der Waals surface area contributed by atoms with Gasteiger partial charge in [-0.3, -0.25) is 4.79 Å². The fourth-order valence-corrected chi connectivity index (χ4v) is 2.36. The summed E-state index contributed by atoms with van der Waals surface area (Å²) in [7, 11) is 1.65. The third kappa shape index (κ3) is 5.33. The monoisotopic (exact) mass is 327 g/mol. The molecule has 3 nitrogen and oxygen atoms in total. The number of carbonyl (C=O) groups excluding carboxylic acids is 1. The normalized spacial score (nSPS) is 10.5. The Labute approximate surface area is 124 Å². The van der Waals surface area contributed by atoms with Crippen LogP contribution in [-0.2, 0) is 16.0 Å². The number of amides is 1. The lowest BCUT2D eigenvalue weighted by Crippen LogP contribution is -2.36. The van der Waals surface area contributed by atoms with Gasteiger partial charge in [0.05, 0.1) is 13.0 Å².